The number of allylic oxidation sites excluding steroid dienone is 1. The van der Waals surface area contributed by atoms with Crippen LogP contribution < -0.4 is 0 Å². The summed E-state index contributed by atoms with van der Waals surface area (Å²) < 4.78 is 13.1. The fourth-order valence-electron chi connectivity index (χ4n) is 1.74. The van der Waals surface area contributed by atoms with E-state index in [1.807, 2.05) is 42.5 Å². The summed E-state index contributed by atoms with van der Waals surface area (Å²) in [5.74, 6) is -0.152. The lowest BCUT2D eigenvalue weighted by atomic mass is 10.1. The highest BCUT2D eigenvalue weighted by Crippen LogP contribution is 2.13. The second kappa shape index (κ2) is 5.83. The van der Waals surface area contributed by atoms with Crippen LogP contribution in [0.4, 0.5) is 4.39 Å². The van der Waals surface area contributed by atoms with Gasteiger partial charge in [0.25, 0.3) is 0 Å². The standard InChI is InChI=1S/C16H14ClF/c1-12-11-14(7-10-16(12)18)4-2-3-13-5-8-15(17)9-6-13/h2-3,5-11H,4H2,1H3/b3-2+. The molecule has 2 rings (SSSR count). The van der Waals surface area contributed by atoms with Gasteiger partial charge in [-0.05, 0) is 48.2 Å². The zero-order valence-electron chi connectivity index (χ0n) is 10.2. The van der Waals surface area contributed by atoms with Crippen molar-refractivity contribution >= 4 is 17.7 Å². The van der Waals surface area contributed by atoms with Crippen molar-refractivity contribution in [1.29, 1.82) is 0 Å². The number of aryl methyl sites for hydroxylation is 1. The molecule has 0 radical (unpaired) electrons. The Hall–Kier alpha value is -1.60. The molecule has 2 aromatic rings. The molecule has 0 saturated heterocycles. The summed E-state index contributed by atoms with van der Waals surface area (Å²) in [5.41, 5.74) is 2.91. The molecule has 0 unspecified atom stereocenters. The van der Waals surface area contributed by atoms with Crippen LogP contribution in [-0.4, -0.2) is 0 Å². The summed E-state index contributed by atoms with van der Waals surface area (Å²) in [6.07, 6.45) is 4.90. The molecule has 0 N–H and O–H groups in total. The maximum Gasteiger partial charge on any atom is 0.126 e. The summed E-state index contributed by atoms with van der Waals surface area (Å²) in [5, 5.41) is 0.737. The lowest BCUT2D eigenvalue weighted by Gasteiger charge is -2.00. The number of benzene rings is 2. The highest BCUT2D eigenvalue weighted by molar-refractivity contribution is 6.30. The largest absolute Gasteiger partial charge is 0.207 e. The zero-order chi connectivity index (χ0) is 13.0. The SMILES string of the molecule is Cc1cc(C/C=C/c2ccc(Cl)cc2)ccc1F. The first-order chi connectivity index (χ1) is 8.65. The van der Waals surface area contributed by atoms with E-state index in [0.717, 1.165) is 22.6 Å². The Labute approximate surface area is 112 Å². The van der Waals surface area contributed by atoms with Gasteiger partial charge >= 0.3 is 0 Å². The summed E-state index contributed by atoms with van der Waals surface area (Å²) in [6.45, 7) is 1.78. The first-order valence-electron chi connectivity index (χ1n) is 5.82. The molecular formula is C16H14ClF. The molecule has 92 valence electrons. The summed E-state index contributed by atoms with van der Waals surface area (Å²) in [4.78, 5) is 0. The van der Waals surface area contributed by atoms with Gasteiger partial charge in [-0.3, -0.25) is 0 Å². The third-order valence-corrected chi connectivity index (χ3v) is 3.01. The molecule has 0 bridgehead atoms. The van der Waals surface area contributed by atoms with Crippen LogP contribution in [0.2, 0.25) is 5.02 Å². The molecular weight excluding hydrogens is 247 g/mol. The van der Waals surface area contributed by atoms with Crippen LogP contribution in [0.5, 0.6) is 0 Å². The van der Waals surface area contributed by atoms with Gasteiger partial charge in [0.15, 0.2) is 0 Å². The van der Waals surface area contributed by atoms with Crippen molar-refractivity contribution in [1.82, 2.24) is 0 Å². The summed E-state index contributed by atoms with van der Waals surface area (Å²) in [6, 6.07) is 12.9. The smallest absolute Gasteiger partial charge is 0.126 e. The van der Waals surface area contributed by atoms with Crippen LogP contribution in [-0.2, 0) is 6.42 Å². The maximum absolute atomic E-state index is 13.1. The van der Waals surface area contributed by atoms with Crippen molar-refractivity contribution in [2.45, 2.75) is 13.3 Å². The lowest BCUT2D eigenvalue weighted by Crippen LogP contribution is -1.86. The van der Waals surface area contributed by atoms with E-state index in [4.69, 9.17) is 11.6 Å². The molecule has 0 heterocycles. The number of halogens is 2. The third kappa shape index (κ3) is 3.44. The molecule has 0 atom stereocenters. The predicted octanol–water partition coefficient (Wildman–Crippen LogP) is 5.04. The normalized spacial score (nSPS) is 11.1. The molecule has 0 nitrogen and oxygen atoms in total. The number of hydrogen-bond donors (Lipinski definition) is 0. The van der Waals surface area contributed by atoms with Gasteiger partial charge in [-0.25, -0.2) is 4.39 Å². The molecule has 0 aliphatic rings. The minimum atomic E-state index is -0.152. The monoisotopic (exact) mass is 260 g/mol. The Balaban J connectivity index is 2.02. The van der Waals surface area contributed by atoms with E-state index >= 15 is 0 Å². The second-order valence-corrected chi connectivity index (χ2v) is 4.68. The van der Waals surface area contributed by atoms with Crippen molar-refractivity contribution in [2.75, 3.05) is 0 Å². The quantitative estimate of drug-likeness (QED) is 0.725. The predicted molar refractivity (Wildman–Crippen MR) is 75.3 cm³/mol. The summed E-state index contributed by atoms with van der Waals surface area (Å²) >= 11 is 5.81. The fourth-order valence-corrected chi connectivity index (χ4v) is 1.86. The van der Waals surface area contributed by atoms with Gasteiger partial charge in [0.05, 0.1) is 0 Å². The van der Waals surface area contributed by atoms with Crippen molar-refractivity contribution < 1.29 is 4.39 Å². The Kier molecular flexibility index (Phi) is 4.16. The third-order valence-electron chi connectivity index (χ3n) is 2.76. The van der Waals surface area contributed by atoms with E-state index < -0.39 is 0 Å². The molecule has 0 amide bonds. The van der Waals surface area contributed by atoms with Gasteiger partial charge in [-0.15, -0.1) is 0 Å². The number of rotatable bonds is 3. The van der Waals surface area contributed by atoms with Crippen LogP contribution in [0.1, 0.15) is 16.7 Å². The first-order valence-corrected chi connectivity index (χ1v) is 6.20. The molecule has 0 saturated carbocycles. The lowest BCUT2D eigenvalue weighted by molar-refractivity contribution is 0.618. The summed E-state index contributed by atoms with van der Waals surface area (Å²) in [7, 11) is 0. The molecule has 0 fully saturated rings. The number of hydrogen-bond acceptors (Lipinski definition) is 0. The van der Waals surface area contributed by atoms with E-state index in [0.29, 0.717) is 5.56 Å². The topological polar surface area (TPSA) is 0 Å². The second-order valence-electron chi connectivity index (χ2n) is 4.24. The fraction of sp³-hybridized carbons (Fsp3) is 0.125. The minimum absolute atomic E-state index is 0.152. The van der Waals surface area contributed by atoms with Crippen LogP contribution in [0.25, 0.3) is 6.08 Å². The molecule has 2 heteroatoms. The molecule has 0 aliphatic heterocycles. The van der Waals surface area contributed by atoms with Gasteiger partial charge in [0.2, 0.25) is 0 Å². The Bertz CT molecular complexity index is 556. The van der Waals surface area contributed by atoms with E-state index in [-0.39, 0.29) is 5.82 Å². The van der Waals surface area contributed by atoms with Crippen molar-refractivity contribution in [3.8, 4) is 0 Å². The Morgan fingerprint density at radius 1 is 1.11 bits per heavy atom. The van der Waals surface area contributed by atoms with Gasteiger partial charge in [0, 0.05) is 5.02 Å². The van der Waals surface area contributed by atoms with E-state index in [9.17, 15) is 4.39 Å². The van der Waals surface area contributed by atoms with E-state index in [2.05, 4.69) is 6.08 Å². The van der Waals surface area contributed by atoms with Crippen LogP contribution >= 0.6 is 11.6 Å². The Morgan fingerprint density at radius 3 is 2.50 bits per heavy atom. The molecule has 0 spiro atoms. The van der Waals surface area contributed by atoms with Crippen LogP contribution in [0.15, 0.2) is 48.5 Å². The zero-order valence-corrected chi connectivity index (χ0v) is 10.9. The van der Waals surface area contributed by atoms with Crippen LogP contribution in [0, 0.1) is 12.7 Å². The van der Waals surface area contributed by atoms with Gasteiger partial charge in [0.1, 0.15) is 5.82 Å². The molecule has 0 aliphatic carbocycles. The van der Waals surface area contributed by atoms with Gasteiger partial charge in [-0.1, -0.05) is 48.0 Å². The van der Waals surface area contributed by atoms with E-state index in [1.54, 1.807) is 6.92 Å². The average Bonchev–Trinajstić information content (AvgIpc) is 2.36. The van der Waals surface area contributed by atoms with Crippen molar-refractivity contribution in [3.05, 3.63) is 76.1 Å². The molecule has 2 aromatic carbocycles. The van der Waals surface area contributed by atoms with E-state index in [1.165, 1.54) is 6.07 Å². The molecule has 18 heavy (non-hydrogen) atoms. The van der Waals surface area contributed by atoms with Gasteiger partial charge < -0.3 is 0 Å². The highest BCUT2D eigenvalue weighted by Gasteiger charge is 1.97. The van der Waals surface area contributed by atoms with Gasteiger partial charge in [-0.2, -0.15) is 0 Å². The van der Waals surface area contributed by atoms with Crippen molar-refractivity contribution in [3.63, 3.8) is 0 Å². The molecule has 0 aromatic heterocycles. The Morgan fingerprint density at radius 2 is 1.83 bits per heavy atom. The first kappa shape index (κ1) is 12.8. The van der Waals surface area contributed by atoms with Crippen LogP contribution in [0.3, 0.4) is 0 Å². The average molecular weight is 261 g/mol. The minimum Gasteiger partial charge on any atom is -0.207 e. The van der Waals surface area contributed by atoms with Crippen molar-refractivity contribution in [2.24, 2.45) is 0 Å². The maximum atomic E-state index is 13.1. The highest BCUT2D eigenvalue weighted by atomic mass is 35.5.